The standard InChI is InChI=1S/C20H28F3N7.HI/c1-3-18-27-26-15-30(18)9-8-25-19(24-2)29-12-10-28(11-13-29)14-16-4-6-17(7-5-16)20(21,22)23;/h4-7,15H,3,8-14H2,1-2H3,(H,24,25);1H. The van der Waals surface area contributed by atoms with E-state index in [1.807, 2.05) is 4.57 Å². The van der Waals surface area contributed by atoms with E-state index in [0.29, 0.717) is 6.54 Å². The van der Waals surface area contributed by atoms with E-state index in [1.165, 1.54) is 0 Å². The Balaban J connectivity index is 0.00000341. The summed E-state index contributed by atoms with van der Waals surface area (Å²) >= 11 is 0. The molecule has 11 heteroatoms. The molecule has 1 aromatic heterocycles. The van der Waals surface area contributed by atoms with E-state index in [2.05, 4.69) is 37.2 Å². The molecule has 2 aromatic rings. The van der Waals surface area contributed by atoms with Crippen LogP contribution < -0.4 is 5.32 Å². The topological polar surface area (TPSA) is 61.6 Å². The van der Waals surface area contributed by atoms with Gasteiger partial charge >= 0.3 is 6.18 Å². The van der Waals surface area contributed by atoms with Crippen LogP contribution in [0, 0.1) is 0 Å². The molecule has 1 aliphatic rings. The zero-order valence-electron chi connectivity index (χ0n) is 17.8. The first kappa shape index (κ1) is 25.4. The van der Waals surface area contributed by atoms with Crippen LogP contribution in [0.15, 0.2) is 35.6 Å². The molecule has 1 aromatic carbocycles. The molecule has 0 radical (unpaired) electrons. The average Bonchev–Trinajstić information content (AvgIpc) is 3.19. The Hall–Kier alpha value is -1.89. The lowest BCUT2D eigenvalue weighted by Crippen LogP contribution is -2.52. The molecule has 2 heterocycles. The minimum Gasteiger partial charge on any atom is -0.354 e. The number of alkyl halides is 3. The summed E-state index contributed by atoms with van der Waals surface area (Å²) in [5.41, 5.74) is 0.281. The SMILES string of the molecule is CCc1nncn1CCNC(=NC)N1CCN(Cc2ccc(C(F)(F)F)cc2)CC1.I. The molecule has 3 rings (SSSR count). The molecule has 1 N–H and O–H groups in total. The molecular formula is C20H29F3IN7. The zero-order chi connectivity index (χ0) is 21.6. The van der Waals surface area contributed by atoms with Crippen molar-refractivity contribution >= 4 is 29.9 Å². The Labute approximate surface area is 197 Å². The molecule has 1 fully saturated rings. The van der Waals surface area contributed by atoms with Crippen LogP contribution in [0.25, 0.3) is 0 Å². The number of aliphatic imine (C=N–C) groups is 1. The van der Waals surface area contributed by atoms with Crippen LogP contribution in [0.2, 0.25) is 0 Å². The summed E-state index contributed by atoms with van der Waals surface area (Å²) in [7, 11) is 1.77. The Kier molecular flexibility index (Phi) is 9.54. The average molecular weight is 551 g/mol. The fourth-order valence-electron chi connectivity index (χ4n) is 3.54. The molecule has 31 heavy (non-hydrogen) atoms. The first-order chi connectivity index (χ1) is 14.4. The van der Waals surface area contributed by atoms with E-state index in [-0.39, 0.29) is 24.0 Å². The fourth-order valence-corrected chi connectivity index (χ4v) is 3.54. The van der Waals surface area contributed by atoms with Crippen molar-refractivity contribution in [3.05, 3.63) is 47.5 Å². The van der Waals surface area contributed by atoms with Crippen molar-refractivity contribution in [3.63, 3.8) is 0 Å². The van der Waals surface area contributed by atoms with Gasteiger partial charge in [-0.3, -0.25) is 9.89 Å². The number of nitrogens with zero attached hydrogens (tertiary/aromatic N) is 6. The lowest BCUT2D eigenvalue weighted by molar-refractivity contribution is -0.137. The Bertz CT molecular complexity index is 828. The largest absolute Gasteiger partial charge is 0.416 e. The van der Waals surface area contributed by atoms with Gasteiger partial charge in [-0.05, 0) is 17.7 Å². The van der Waals surface area contributed by atoms with Crippen molar-refractivity contribution in [2.45, 2.75) is 32.6 Å². The highest BCUT2D eigenvalue weighted by molar-refractivity contribution is 14.0. The van der Waals surface area contributed by atoms with Gasteiger partial charge < -0.3 is 14.8 Å². The molecule has 0 aliphatic carbocycles. The summed E-state index contributed by atoms with van der Waals surface area (Å²) in [6.45, 7) is 7.47. The van der Waals surface area contributed by atoms with Crippen LogP contribution in [0.3, 0.4) is 0 Å². The second-order valence-electron chi connectivity index (χ2n) is 7.23. The van der Waals surface area contributed by atoms with Crippen LogP contribution in [0.1, 0.15) is 23.9 Å². The zero-order valence-corrected chi connectivity index (χ0v) is 20.1. The number of nitrogens with one attached hydrogen (secondary N) is 1. The number of hydrogen-bond donors (Lipinski definition) is 1. The minimum atomic E-state index is -4.29. The summed E-state index contributed by atoms with van der Waals surface area (Å²) in [5.74, 6) is 1.82. The van der Waals surface area contributed by atoms with Crippen molar-refractivity contribution in [1.29, 1.82) is 0 Å². The summed E-state index contributed by atoms with van der Waals surface area (Å²) in [4.78, 5) is 8.83. The molecule has 0 spiro atoms. The van der Waals surface area contributed by atoms with Gasteiger partial charge in [0, 0.05) is 59.3 Å². The van der Waals surface area contributed by atoms with Gasteiger partial charge in [-0.15, -0.1) is 34.2 Å². The molecule has 7 nitrogen and oxygen atoms in total. The molecule has 1 aliphatic heterocycles. The van der Waals surface area contributed by atoms with E-state index < -0.39 is 11.7 Å². The van der Waals surface area contributed by atoms with Crippen LogP contribution in [0.4, 0.5) is 13.2 Å². The van der Waals surface area contributed by atoms with E-state index in [9.17, 15) is 13.2 Å². The number of piperazine rings is 1. The summed E-state index contributed by atoms with van der Waals surface area (Å²) in [6.07, 6.45) is -1.71. The Morgan fingerprint density at radius 3 is 2.39 bits per heavy atom. The van der Waals surface area contributed by atoms with Crippen molar-refractivity contribution in [1.82, 2.24) is 29.9 Å². The Morgan fingerprint density at radius 1 is 1.13 bits per heavy atom. The van der Waals surface area contributed by atoms with Crippen LogP contribution in [-0.2, 0) is 25.7 Å². The number of halogens is 4. The van der Waals surface area contributed by atoms with Gasteiger partial charge in [-0.25, -0.2) is 0 Å². The van der Waals surface area contributed by atoms with Gasteiger partial charge in [0.2, 0.25) is 0 Å². The molecule has 0 amide bonds. The first-order valence-electron chi connectivity index (χ1n) is 10.1. The van der Waals surface area contributed by atoms with Crippen molar-refractivity contribution in [2.24, 2.45) is 4.99 Å². The second kappa shape index (κ2) is 11.7. The number of aromatic nitrogens is 3. The van der Waals surface area contributed by atoms with Gasteiger partial charge in [0.15, 0.2) is 5.96 Å². The number of aryl methyl sites for hydroxylation is 1. The maximum Gasteiger partial charge on any atom is 0.416 e. The maximum absolute atomic E-state index is 12.7. The third-order valence-electron chi connectivity index (χ3n) is 5.22. The smallest absolute Gasteiger partial charge is 0.354 e. The van der Waals surface area contributed by atoms with Gasteiger partial charge in [0.25, 0.3) is 0 Å². The van der Waals surface area contributed by atoms with E-state index in [4.69, 9.17) is 0 Å². The third-order valence-corrected chi connectivity index (χ3v) is 5.22. The monoisotopic (exact) mass is 551 g/mol. The maximum atomic E-state index is 12.7. The molecular weight excluding hydrogens is 522 g/mol. The highest BCUT2D eigenvalue weighted by Gasteiger charge is 2.30. The van der Waals surface area contributed by atoms with Gasteiger partial charge in [-0.2, -0.15) is 13.2 Å². The van der Waals surface area contributed by atoms with Gasteiger partial charge in [0.05, 0.1) is 5.56 Å². The summed E-state index contributed by atoms with van der Waals surface area (Å²) in [6, 6.07) is 5.42. The first-order valence-corrected chi connectivity index (χ1v) is 10.1. The molecule has 0 atom stereocenters. The number of guanidine groups is 1. The Morgan fingerprint density at radius 2 is 1.81 bits per heavy atom. The highest BCUT2D eigenvalue weighted by Crippen LogP contribution is 2.29. The van der Waals surface area contributed by atoms with Gasteiger partial charge in [0.1, 0.15) is 12.2 Å². The van der Waals surface area contributed by atoms with Crippen LogP contribution in [0.5, 0.6) is 0 Å². The quantitative estimate of drug-likeness (QED) is 0.340. The van der Waals surface area contributed by atoms with Crippen LogP contribution in [-0.4, -0.2) is 70.3 Å². The van der Waals surface area contributed by atoms with E-state index >= 15 is 0 Å². The number of rotatable bonds is 6. The predicted octanol–water partition coefficient (Wildman–Crippen LogP) is 2.87. The second-order valence-corrected chi connectivity index (χ2v) is 7.23. The molecule has 0 unspecified atom stereocenters. The summed E-state index contributed by atoms with van der Waals surface area (Å²) in [5, 5.41) is 11.4. The predicted molar refractivity (Wildman–Crippen MR) is 124 cm³/mol. The molecule has 1 saturated heterocycles. The van der Waals surface area contributed by atoms with Crippen molar-refractivity contribution < 1.29 is 13.2 Å². The van der Waals surface area contributed by atoms with Crippen molar-refractivity contribution in [3.8, 4) is 0 Å². The van der Waals surface area contributed by atoms with E-state index in [1.54, 1.807) is 25.5 Å². The van der Waals surface area contributed by atoms with Crippen molar-refractivity contribution in [2.75, 3.05) is 39.8 Å². The minimum absolute atomic E-state index is 0. The lowest BCUT2D eigenvalue weighted by atomic mass is 10.1. The van der Waals surface area contributed by atoms with Crippen LogP contribution >= 0.6 is 24.0 Å². The molecule has 0 bridgehead atoms. The third kappa shape index (κ3) is 7.06. The molecule has 172 valence electrons. The lowest BCUT2D eigenvalue weighted by Gasteiger charge is -2.36. The normalized spacial score (nSPS) is 15.6. The highest BCUT2D eigenvalue weighted by atomic mass is 127. The fraction of sp³-hybridized carbons (Fsp3) is 0.550. The number of hydrogen-bond acceptors (Lipinski definition) is 4. The van der Waals surface area contributed by atoms with E-state index in [0.717, 1.165) is 75.2 Å². The number of benzene rings is 1. The molecule has 0 saturated carbocycles. The summed E-state index contributed by atoms with van der Waals surface area (Å²) < 4.78 is 40.1. The van der Waals surface area contributed by atoms with Gasteiger partial charge in [-0.1, -0.05) is 19.1 Å².